The molecule has 2 aromatic carbocycles. The van der Waals surface area contributed by atoms with Gasteiger partial charge in [0.25, 0.3) is 0 Å². The van der Waals surface area contributed by atoms with Gasteiger partial charge in [0.15, 0.2) is 0 Å². The van der Waals surface area contributed by atoms with Gasteiger partial charge in [-0.3, -0.25) is 0 Å². The van der Waals surface area contributed by atoms with Gasteiger partial charge in [0, 0.05) is 5.56 Å². The summed E-state index contributed by atoms with van der Waals surface area (Å²) in [7, 11) is 0. The van der Waals surface area contributed by atoms with Crippen LogP contribution in [0.2, 0.25) is 0 Å². The minimum absolute atomic E-state index is 0.00242. The third kappa shape index (κ3) is 3.14. The lowest BCUT2D eigenvalue weighted by Crippen LogP contribution is -2.00. The number of nitriles is 1. The van der Waals surface area contributed by atoms with Crippen LogP contribution in [0.1, 0.15) is 22.3 Å². The topological polar surface area (TPSA) is 53.2 Å². The van der Waals surface area contributed by atoms with Gasteiger partial charge in [0.2, 0.25) is 0 Å². The van der Waals surface area contributed by atoms with Crippen molar-refractivity contribution in [3.8, 4) is 11.8 Å². The van der Waals surface area contributed by atoms with E-state index in [0.717, 1.165) is 5.56 Å². The molecule has 2 rings (SSSR count). The van der Waals surface area contributed by atoms with Crippen molar-refractivity contribution >= 4 is 0 Å². The molecule has 0 saturated carbocycles. The van der Waals surface area contributed by atoms with E-state index in [9.17, 15) is 9.50 Å². The summed E-state index contributed by atoms with van der Waals surface area (Å²) in [5, 5.41) is 18.1. The zero-order chi connectivity index (χ0) is 14.5. The van der Waals surface area contributed by atoms with Gasteiger partial charge in [-0.25, -0.2) is 4.39 Å². The van der Waals surface area contributed by atoms with Crippen LogP contribution in [-0.4, -0.2) is 5.11 Å². The van der Waals surface area contributed by atoms with Crippen LogP contribution in [0.15, 0.2) is 36.4 Å². The van der Waals surface area contributed by atoms with Gasteiger partial charge in [-0.2, -0.15) is 5.26 Å². The highest BCUT2D eigenvalue weighted by molar-refractivity contribution is 5.37. The van der Waals surface area contributed by atoms with E-state index in [1.807, 2.05) is 19.1 Å². The number of nitrogens with zero attached hydrogens (tertiary/aromatic N) is 1. The fourth-order valence-electron chi connectivity index (χ4n) is 1.88. The standard InChI is InChI=1S/C16H14FNO2/c1-11-2-5-16(14(6-11)9-19)20-10-12-3-4-15(17)13(7-12)8-18/h2-7,19H,9-10H2,1H3. The van der Waals surface area contributed by atoms with Crippen molar-refractivity contribution in [1.29, 1.82) is 5.26 Å². The largest absolute Gasteiger partial charge is 0.489 e. The average molecular weight is 271 g/mol. The molecule has 0 amide bonds. The van der Waals surface area contributed by atoms with E-state index in [2.05, 4.69) is 0 Å². The highest BCUT2D eigenvalue weighted by atomic mass is 19.1. The zero-order valence-electron chi connectivity index (χ0n) is 11.1. The van der Waals surface area contributed by atoms with E-state index in [0.29, 0.717) is 16.9 Å². The third-order valence-corrected chi connectivity index (χ3v) is 2.93. The number of ether oxygens (including phenoxy) is 1. The molecule has 1 N–H and O–H groups in total. The molecular weight excluding hydrogens is 257 g/mol. The normalized spacial score (nSPS) is 10.1. The number of hydrogen-bond acceptors (Lipinski definition) is 3. The maximum absolute atomic E-state index is 13.2. The Kier molecular flexibility index (Phi) is 4.34. The molecule has 0 atom stereocenters. The van der Waals surface area contributed by atoms with E-state index >= 15 is 0 Å². The number of aliphatic hydroxyl groups excluding tert-OH is 1. The summed E-state index contributed by atoms with van der Waals surface area (Å²) in [4.78, 5) is 0. The lowest BCUT2D eigenvalue weighted by Gasteiger charge is -2.11. The molecule has 0 unspecified atom stereocenters. The van der Waals surface area contributed by atoms with Gasteiger partial charge in [-0.05, 0) is 30.7 Å². The molecule has 0 spiro atoms. The molecule has 0 aliphatic carbocycles. The Balaban J connectivity index is 2.15. The smallest absolute Gasteiger partial charge is 0.140 e. The predicted octanol–water partition coefficient (Wildman–Crippen LogP) is 3.08. The Morgan fingerprint density at radius 1 is 1.25 bits per heavy atom. The van der Waals surface area contributed by atoms with Crippen molar-refractivity contribution in [2.24, 2.45) is 0 Å². The highest BCUT2D eigenvalue weighted by Crippen LogP contribution is 2.21. The number of hydrogen-bond donors (Lipinski definition) is 1. The lowest BCUT2D eigenvalue weighted by atomic mass is 10.1. The summed E-state index contributed by atoms with van der Waals surface area (Å²) >= 11 is 0. The SMILES string of the molecule is Cc1ccc(OCc2ccc(F)c(C#N)c2)c(CO)c1. The van der Waals surface area contributed by atoms with Crippen LogP contribution in [-0.2, 0) is 13.2 Å². The van der Waals surface area contributed by atoms with E-state index in [4.69, 9.17) is 10.00 Å². The molecule has 4 heteroatoms. The number of benzene rings is 2. The molecule has 0 aliphatic rings. The van der Waals surface area contributed by atoms with Gasteiger partial charge in [-0.15, -0.1) is 0 Å². The Morgan fingerprint density at radius 2 is 2.05 bits per heavy atom. The van der Waals surface area contributed by atoms with E-state index in [1.165, 1.54) is 12.1 Å². The van der Waals surface area contributed by atoms with Crippen molar-refractivity contribution in [1.82, 2.24) is 0 Å². The number of halogens is 1. The average Bonchev–Trinajstić information content (AvgIpc) is 2.47. The fourth-order valence-corrected chi connectivity index (χ4v) is 1.88. The second-order valence-corrected chi connectivity index (χ2v) is 4.48. The fraction of sp³-hybridized carbons (Fsp3) is 0.188. The molecule has 0 aromatic heterocycles. The molecule has 3 nitrogen and oxygen atoms in total. The van der Waals surface area contributed by atoms with Gasteiger partial charge in [0.1, 0.15) is 24.2 Å². The summed E-state index contributed by atoms with van der Waals surface area (Å²) in [6.45, 7) is 2.04. The first kappa shape index (κ1) is 14.0. The number of aliphatic hydroxyl groups is 1. The van der Waals surface area contributed by atoms with Crippen LogP contribution in [0.3, 0.4) is 0 Å². The van der Waals surface area contributed by atoms with Crippen LogP contribution < -0.4 is 4.74 Å². The molecule has 0 bridgehead atoms. The van der Waals surface area contributed by atoms with Crippen molar-refractivity contribution in [3.05, 3.63) is 64.5 Å². The molecule has 0 fully saturated rings. The van der Waals surface area contributed by atoms with E-state index in [-0.39, 0.29) is 18.8 Å². The van der Waals surface area contributed by atoms with E-state index in [1.54, 1.807) is 18.2 Å². The zero-order valence-corrected chi connectivity index (χ0v) is 11.1. The number of aryl methyl sites for hydroxylation is 1. The predicted molar refractivity (Wildman–Crippen MR) is 72.5 cm³/mol. The second kappa shape index (κ2) is 6.18. The van der Waals surface area contributed by atoms with E-state index < -0.39 is 5.82 Å². The van der Waals surface area contributed by atoms with Gasteiger partial charge >= 0.3 is 0 Å². The monoisotopic (exact) mass is 271 g/mol. The minimum Gasteiger partial charge on any atom is -0.489 e. The maximum atomic E-state index is 13.2. The Labute approximate surface area is 116 Å². The summed E-state index contributed by atoms with van der Waals surface area (Å²) in [6.07, 6.45) is 0. The van der Waals surface area contributed by atoms with Crippen LogP contribution in [0.25, 0.3) is 0 Å². The van der Waals surface area contributed by atoms with Crippen LogP contribution >= 0.6 is 0 Å². The Bertz CT molecular complexity index is 662. The van der Waals surface area contributed by atoms with Crippen molar-refractivity contribution < 1.29 is 14.2 Å². The number of rotatable bonds is 4. The van der Waals surface area contributed by atoms with Crippen molar-refractivity contribution in [3.63, 3.8) is 0 Å². The first-order valence-corrected chi connectivity index (χ1v) is 6.15. The first-order valence-electron chi connectivity index (χ1n) is 6.15. The second-order valence-electron chi connectivity index (χ2n) is 4.48. The van der Waals surface area contributed by atoms with Gasteiger partial charge in [0.05, 0.1) is 12.2 Å². The summed E-state index contributed by atoms with van der Waals surface area (Å²) < 4.78 is 18.8. The molecule has 2 aromatic rings. The van der Waals surface area contributed by atoms with Crippen LogP contribution in [0.5, 0.6) is 5.75 Å². The first-order chi connectivity index (χ1) is 9.63. The van der Waals surface area contributed by atoms with Gasteiger partial charge in [-0.1, -0.05) is 23.8 Å². The maximum Gasteiger partial charge on any atom is 0.140 e. The molecular formula is C16H14FNO2. The lowest BCUT2D eigenvalue weighted by molar-refractivity contribution is 0.259. The summed E-state index contributed by atoms with van der Waals surface area (Å²) in [5.41, 5.74) is 2.44. The Morgan fingerprint density at radius 3 is 2.75 bits per heavy atom. The highest BCUT2D eigenvalue weighted by Gasteiger charge is 2.06. The van der Waals surface area contributed by atoms with Crippen molar-refractivity contribution in [2.75, 3.05) is 0 Å². The third-order valence-electron chi connectivity index (χ3n) is 2.93. The Hall–Kier alpha value is -2.38. The molecule has 20 heavy (non-hydrogen) atoms. The summed E-state index contributed by atoms with van der Waals surface area (Å²) in [6, 6.07) is 11.6. The van der Waals surface area contributed by atoms with Crippen LogP contribution in [0, 0.1) is 24.1 Å². The molecule has 102 valence electrons. The molecule has 0 saturated heterocycles. The molecule has 0 heterocycles. The van der Waals surface area contributed by atoms with Crippen LogP contribution in [0.4, 0.5) is 4.39 Å². The molecule has 0 radical (unpaired) electrons. The molecule has 0 aliphatic heterocycles. The quantitative estimate of drug-likeness (QED) is 0.929. The minimum atomic E-state index is -0.539. The van der Waals surface area contributed by atoms with Gasteiger partial charge < -0.3 is 9.84 Å². The van der Waals surface area contributed by atoms with Crippen molar-refractivity contribution in [2.45, 2.75) is 20.1 Å². The summed E-state index contributed by atoms with van der Waals surface area (Å²) in [5.74, 6) is 0.0450.